The molecule has 2 aliphatic rings. The second-order valence-electron chi connectivity index (χ2n) is 6.09. The number of rotatable bonds is 2. The van der Waals surface area contributed by atoms with Crippen molar-refractivity contribution in [3.05, 3.63) is 22.8 Å². The summed E-state index contributed by atoms with van der Waals surface area (Å²) in [6.45, 7) is 9.53. The van der Waals surface area contributed by atoms with E-state index in [0.29, 0.717) is 5.41 Å². The Bertz CT molecular complexity index is 332. The van der Waals surface area contributed by atoms with Crippen LogP contribution in [0, 0.1) is 11.3 Å². The lowest BCUT2D eigenvalue weighted by atomic mass is 9.66. The predicted octanol–water partition coefficient (Wildman–Crippen LogP) is 5.26. The molecule has 0 aromatic heterocycles. The summed E-state index contributed by atoms with van der Waals surface area (Å²) in [4.78, 5) is 0. The zero-order valence-corrected chi connectivity index (χ0v) is 11.4. The normalized spacial score (nSPS) is 34.8. The van der Waals surface area contributed by atoms with E-state index in [1.165, 1.54) is 38.5 Å². The molecule has 0 nitrogen and oxygen atoms in total. The van der Waals surface area contributed by atoms with Crippen LogP contribution in [0.15, 0.2) is 22.8 Å². The van der Waals surface area contributed by atoms with Gasteiger partial charge in [-0.3, -0.25) is 0 Å². The Hall–Kier alpha value is -0.520. The van der Waals surface area contributed by atoms with Gasteiger partial charge in [0, 0.05) is 0 Å². The van der Waals surface area contributed by atoms with Gasteiger partial charge in [0.05, 0.1) is 0 Å². The molecule has 0 amide bonds. The van der Waals surface area contributed by atoms with Crippen LogP contribution in [0.2, 0.25) is 0 Å². The van der Waals surface area contributed by atoms with Crippen LogP contribution in [0.25, 0.3) is 0 Å². The van der Waals surface area contributed by atoms with E-state index in [9.17, 15) is 0 Å². The highest BCUT2D eigenvalue weighted by Gasteiger charge is 2.33. The molecule has 0 heteroatoms. The number of hydrogen-bond donors (Lipinski definition) is 0. The molecule has 0 aromatic rings. The van der Waals surface area contributed by atoms with Crippen LogP contribution in [-0.4, -0.2) is 0 Å². The Morgan fingerprint density at radius 2 is 2.12 bits per heavy atom. The molecule has 0 fully saturated rings. The summed E-state index contributed by atoms with van der Waals surface area (Å²) in [5.74, 6) is 0.902. The zero-order valence-electron chi connectivity index (χ0n) is 11.4. The standard InChI is InChI=1S/C16H26/c1-5-15-10-14-9-12(3)7-8-13(14)11-16(15,4)6-2/h10,12H,5-9,11H2,1-4H3/t12-,16?/m0/s1. The average Bonchev–Trinajstić information content (AvgIpc) is 2.29. The van der Waals surface area contributed by atoms with Gasteiger partial charge in [0.25, 0.3) is 0 Å². The average molecular weight is 218 g/mol. The van der Waals surface area contributed by atoms with Crippen molar-refractivity contribution in [2.75, 3.05) is 0 Å². The molecule has 0 saturated heterocycles. The third kappa shape index (κ3) is 1.99. The Balaban J connectivity index is 2.31. The summed E-state index contributed by atoms with van der Waals surface area (Å²) in [6.07, 6.45) is 10.5. The minimum absolute atomic E-state index is 0.466. The van der Waals surface area contributed by atoms with Crippen molar-refractivity contribution in [2.24, 2.45) is 11.3 Å². The van der Waals surface area contributed by atoms with E-state index < -0.39 is 0 Å². The van der Waals surface area contributed by atoms with Crippen LogP contribution in [0.5, 0.6) is 0 Å². The van der Waals surface area contributed by atoms with Gasteiger partial charge in [-0.25, -0.2) is 0 Å². The van der Waals surface area contributed by atoms with Gasteiger partial charge in [0.2, 0.25) is 0 Å². The lowest BCUT2D eigenvalue weighted by Gasteiger charge is -2.39. The first-order valence-corrected chi connectivity index (χ1v) is 7.01. The Morgan fingerprint density at radius 3 is 2.75 bits per heavy atom. The van der Waals surface area contributed by atoms with Crippen LogP contribution in [0.4, 0.5) is 0 Å². The minimum atomic E-state index is 0.466. The van der Waals surface area contributed by atoms with Crippen LogP contribution >= 0.6 is 0 Å². The second kappa shape index (κ2) is 4.39. The van der Waals surface area contributed by atoms with Crippen molar-refractivity contribution in [3.63, 3.8) is 0 Å². The predicted molar refractivity (Wildman–Crippen MR) is 71.4 cm³/mol. The van der Waals surface area contributed by atoms with Crippen LogP contribution in [0.3, 0.4) is 0 Å². The van der Waals surface area contributed by atoms with E-state index in [0.717, 1.165) is 5.92 Å². The van der Waals surface area contributed by atoms with Crippen LogP contribution < -0.4 is 0 Å². The maximum absolute atomic E-state index is 2.55. The van der Waals surface area contributed by atoms with Gasteiger partial charge in [-0.05, 0) is 55.4 Å². The largest absolute Gasteiger partial charge is 0.0661 e. The van der Waals surface area contributed by atoms with E-state index in [4.69, 9.17) is 0 Å². The first-order valence-electron chi connectivity index (χ1n) is 7.01. The van der Waals surface area contributed by atoms with E-state index in [-0.39, 0.29) is 0 Å². The summed E-state index contributed by atoms with van der Waals surface area (Å²) >= 11 is 0. The SMILES string of the molecule is CCC1=CC2=C(CC[C@H](C)C2)CC1(C)CC. The summed E-state index contributed by atoms with van der Waals surface area (Å²) < 4.78 is 0. The highest BCUT2D eigenvalue weighted by molar-refractivity contribution is 5.39. The Labute approximate surface area is 101 Å². The number of hydrogen-bond acceptors (Lipinski definition) is 0. The fraction of sp³-hybridized carbons (Fsp3) is 0.750. The maximum Gasteiger partial charge on any atom is -0.00786 e. The monoisotopic (exact) mass is 218 g/mol. The molecule has 90 valence electrons. The molecule has 0 bridgehead atoms. The highest BCUT2D eigenvalue weighted by atomic mass is 14.4. The molecule has 1 unspecified atom stereocenters. The summed E-state index contributed by atoms with van der Waals surface area (Å²) in [5, 5.41) is 0. The van der Waals surface area contributed by atoms with E-state index >= 15 is 0 Å². The summed E-state index contributed by atoms with van der Waals surface area (Å²) in [5.41, 5.74) is 5.64. The lowest BCUT2D eigenvalue weighted by Crippen LogP contribution is -2.25. The Morgan fingerprint density at radius 1 is 1.38 bits per heavy atom. The molecule has 0 aliphatic heterocycles. The molecule has 0 spiro atoms. The van der Waals surface area contributed by atoms with E-state index in [1.807, 2.05) is 0 Å². The fourth-order valence-electron chi connectivity index (χ4n) is 3.42. The molecule has 0 N–H and O–H groups in total. The molecule has 0 radical (unpaired) electrons. The van der Waals surface area contributed by atoms with Crippen molar-refractivity contribution >= 4 is 0 Å². The van der Waals surface area contributed by atoms with Gasteiger partial charge in [-0.2, -0.15) is 0 Å². The molecule has 2 rings (SSSR count). The lowest BCUT2D eigenvalue weighted by molar-refractivity contribution is 0.342. The summed E-state index contributed by atoms with van der Waals surface area (Å²) in [7, 11) is 0. The second-order valence-corrected chi connectivity index (χ2v) is 6.09. The van der Waals surface area contributed by atoms with Crippen molar-refractivity contribution in [2.45, 2.75) is 66.2 Å². The van der Waals surface area contributed by atoms with Crippen molar-refractivity contribution in [3.8, 4) is 0 Å². The van der Waals surface area contributed by atoms with Gasteiger partial charge < -0.3 is 0 Å². The first kappa shape index (κ1) is 12.0. The van der Waals surface area contributed by atoms with Gasteiger partial charge in [0.1, 0.15) is 0 Å². The number of allylic oxidation sites excluding steroid dienone is 4. The van der Waals surface area contributed by atoms with E-state index in [1.54, 1.807) is 16.7 Å². The molecule has 0 aromatic carbocycles. The maximum atomic E-state index is 2.55. The molecular formula is C16H26. The molecule has 0 heterocycles. The van der Waals surface area contributed by atoms with Crippen molar-refractivity contribution in [1.29, 1.82) is 0 Å². The third-order valence-corrected chi connectivity index (χ3v) is 4.85. The van der Waals surface area contributed by atoms with Gasteiger partial charge in [-0.1, -0.05) is 44.9 Å². The zero-order chi connectivity index (χ0) is 11.8. The Kier molecular flexibility index (Phi) is 3.28. The van der Waals surface area contributed by atoms with Gasteiger partial charge >= 0.3 is 0 Å². The summed E-state index contributed by atoms with van der Waals surface area (Å²) in [6, 6.07) is 0. The van der Waals surface area contributed by atoms with Crippen LogP contribution in [-0.2, 0) is 0 Å². The smallest absolute Gasteiger partial charge is 0.00786 e. The highest BCUT2D eigenvalue weighted by Crippen LogP contribution is 2.48. The van der Waals surface area contributed by atoms with Crippen molar-refractivity contribution < 1.29 is 0 Å². The molecule has 2 atom stereocenters. The quantitative estimate of drug-likeness (QED) is 0.593. The van der Waals surface area contributed by atoms with Crippen LogP contribution in [0.1, 0.15) is 66.2 Å². The fourth-order valence-corrected chi connectivity index (χ4v) is 3.42. The topological polar surface area (TPSA) is 0 Å². The van der Waals surface area contributed by atoms with E-state index in [2.05, 4.69) is 33.8 Å². The molecular weight excluding hydrogens is 192 g/mol. The van der Waals surface area contributed by atoms with Gasteiger partial charge in [-0.15, -0.1) is 0 Å². The van der Waals surface area contributed by atoms with Crippen molar-refractivity contribution in [1.82, 2.24) is 0 Å². The first-order chi connectivity index (χ1) is 7.59. The minimum Gasteiger partial charge on any atom is -0.0661 e. The molecule has 16 heavy (non-hydrogen) atoms. The molecule has 2 aliphatic carbocycles. The van der Waals surface area contributed by atoms with Gasteiger partial charge in [0.15, 0.2) is 0 Å². The third-order valence-electron chi connectivity index (χ3n) is 4.85. The molecule has 0 saturated carbocycles.